The molecular formula is C20H15F2N5O. The fraction of sp³-hybridized carbons (Fsp3) is 0.100. The van der Waals surface area contributed by atoms with E-state index < -0.39 is 6.43 Å². The normalized spacial score (nSPS) is 11.1. The maximum atomic E-state index is 12.9. The van der Waals surface area contributed by atoms with E-state index in [9.17, 15) is 13.6 Å². The molecule has 4 aromatic rings. The van der Waals surface area contributed by atoms with Gasteiger partial charge in [-0.05, 0) is 36.4 Å². The molecule has 0 aliphatic carbocycles. The molecule has 140 valence electrons. The number of hydrogen-bond acceptors (Lipinski definition) is 4. The van der Waals surface area contributed by atoms with Gasteiger partial charge in [0.2, 0.25) is 5.91 Å². The highest BCUT2D eigenvalue weighted by molar-refractivity contribution is 6.01. The lowest BCUT2D eigenvalue weighted by Gasteiger charge is -2.07. The predicted octanol–water partition coefficient (Wildman–Crippen LogP) is 4.58. The summed E-state index contributed by atoms with van der Waals surface area (Å²) in [5.41, 5.74) is 3.98. The van der Waals surface area contributed by atoms with E-state index in [-0.39, 0.29) is 11.5 Å². The van der Waals surface area contributed by atoms with Crippen molar-refractivity contribution in [3.05, 3.63) is 60.6 Å². The van der Waals surface area contributed by atoms with Crippen molar-refractivity contribution in [3.8, 4) is 22.5 Å². The number of anilines is 1. The van der Waals surface area contributed by atoms with Crippen LogP contribution >= 0.6 is 0 Å². The third-order valence-electron chi connectivity index (χ3n) is 4.20. The number of H-pyrrole nitrogens is 1. The monoisotopic (exact) mass is 379 g/mol. The number of carbonyl (C=O) groups excluding carboxylic acids is 1. The Morgan fingerprint density at radius 2 is 1.96 bits per heavy atom. The van der Waals surface area contributed by atoms with Gasteiger partial charge in [-0.2, -0.15) is 0 Å². The molecule has 0 bridgehead atoms. The van der Waals surface area contributed by atoms with E-state index in [4.69, 9.17) is 0 Å². The molecule has 8 heteroatoms. The Labute approximate surface area is 158 Å². The largest absolute Gasteiger partial charge is 0.353 e. The zero-order valence-electron chi connectivity index (χ0n) is 14.8. The molecule has 0 saturated carbocycles. The Kier molecular flexibility index (Phi) is 4.52. The van der Waals surface area contributed by atoms with Crippen molar-refractivity contribution in [1.29, 1.82) is 0 Å². The summed E-state index contributed by atoms with van der Waals surface area (Å²) in [5, 5.41) is 2.65. The lowest BCUT2D eigenvalue weighted by molar-refractivity contribution is -0.114. The first kappa shape index (κ1) is 17.7. The lowest BCUT2D eigenvalue weighted by Crippen LogP contribution is -2.07. The van der Waals surface area contributed by atoms with Crippen molar-refractivity contribution >= 4 is 22.8 Å². The van der Waals surface area contributed by atoms with Crippen molar-refractivity contribution in [2.24, 2.45) is 0 Å². The fourth-order valence-corrected chi connectivity index (χ4v) is 3.00. The van der Waals surface area contributed by atoms with Crippen molar-refractivity contribution in [1.82, 2.24) is 19.9 Å². The molecule has 4 heterocycles. The van der Waals surface area contributed by atoms with Crippen LogP contribution < -0.4 is 5.32 Å². The van der Waals surface area contributed by atoms with Crippen molar-refractivity contribution in [2.75, 3.05) is 5.32 Å². The second-order valence-corrected chi connectivity index (χ2v) is 6.16. The highest BCUT2D eigenvalue weighted by Gasteiger charge is 2.18. The number of aromatic amines is 1. The number of alkyl halides is 2. The number of nitrogens with zero attached hydrogens (tertiary/aromatic N) is 3. The molecule has 4 aromatic heterocycles. The summed E-state index contributed by atoms with van der Waals surface area (Å²) in [7, 11) is 0. The van der Waals surface area contributed by atoms with Crippen molar-refractivity contribution in [3.63, 3.8) is 0 Å². The quantitative estimate of drug-likeness (QED) is 0.543. The lowest BCUT2D eigenvalue weighted by atomic mass is 10.0. The van der Waals surface area contributed by atoms with Crippen LogP contribution in [0, 0.1) is 0 Å². The van der Waals surface area contributed by atoms with Crippen LogP contribution in [0.1, 0.15) is 18.9 Å². The first-order valence-corrected chi connectivity index (χ1v) is 8.48. The highest BCUT2D eigenvalue weighted by Crippen LogP contribution is 2.37. The summed E-state index contributed by atoms with van der Waals surface area (Å²) in [4.78, 5) is 27.4. The molecule has 6 nitrogen and oxygen atoms in total. The van der Waals surface area contributed by atoms with Crippen LogP contribution in [0.5, 0.6) is 0 Å². The smallest absolute Gasteiger partial charge is 0.265 e. The van der Waals surface area contributed by atoms with E-state index in [1.165, 1.54) is 19.2 Å². The van der Waals surface area contributed by atoms with Crippen LogP contribution in [-0.4, -0.2) is 25.8 Å². The molecule has 0 aliphatic rings. The summed E-state index contributed by atoms with van der Waals surface area (Å²) in [5.74, 6) is 0.177. The van der Waals surface area contributed by atoms with E-state index >= 15 is 0 Å². The van der Waals surface area contributed by atoms with Gasteiger partial charge in [-0.15, -0.1) is 0 Å². The van der Waals surface area contributed by atoms with Gasteiger partial charge in [-0.25, -0.2) is 13.8 Å². The van der Waals surface area contributed by atoms with Gasteiger partial charge in [0.25, 0.3) is 6.43 Å². The van der Waals surface area contributed by atoms with Gasteiger partial charge in [0.1, 0.15) is 5.82 Å². The highest BCUT2D eigenvalue weighted by atomic mass is 19.3. The summed E-state index contributed by atoms with van der Waals surface area (Å²) < 4.78 is 25.8. The third-order valence-corrected chi connectivity index (χ3v) is 4.20. The van der Waals surface area contributed by atoms with E-state index in [1.807, 2.05) is 6.07 Å². The topological polar surface area (TPSA) is 83.6 Å². The Morgan fingerprint density at radius 3 is 2.68 bits per heavy atom. The minimum absolute atomic E-state index is 0.144. The molecule has 0 aliphatic heterocycles. The number of nitrogens with one attached hydrogen (secondary N) is 2. The first-order chi connectivity index (χ1) is 13.5. The average molecular weight is 379 g/mol. The van der Waals surface area contributed by atoms with Crippen LogP contribution in [0.25, 0.3) is 33.5 Å². The Balaban J connectivity index is 1.90. The number of pyridine rings is 3. The molecule has 0 spiro atoms. The molecule has 0 atom stereocenters. The number of aromatic nitrogens is 4. The molecule has 28 heavy (non-hydrogen) atoms. The summed E-state index contributed by atoms with van der Waals surface area (Å²) in [6.07, 6.45) is 1.83. The van der Waals surface area contributed by atoms with E-state index in [2.05, 4.69) is 25.3 Å². The maximum absolute atomic E-state index is 12.9. The predicted molar refractivity (Wildman–Crippen MR) is 102 cm³/mol. The van der Waals surface area contributed by atoms with Crippen molar-refractivity contribution in [2.45, 2.75) is 13.3 Å². The Morgan fingerprint density at radius 1 is 1.11 bits per heavy atom. The number of carbonyl (C=O) groups is 1. The molecule has 0 fully saturated rings. The molecule has 1 amide bonds. The van der Waals surface area contributed by atoms with Gasteiger partial charge in [-0.1, -0.05) is 0 Å². The van der Waals surface area contributed by atoms with Crippen LogP contribution in [-0.2, 0) is 4.79 Å². The van der Waals surface area contributed by atoms with Crippen molar-refractivity contribution < 1.29 is 13.6 Å². The molecule has 0 unspecified atom stereocenters. The van der Waals surface area contributed by atoms with Crippen LogP contribution in [0.2, 0.25) is 0 Å². The molecule has 0 aromatic carbocycles. The van der Waals surface area contributed by atoms with Gasteiger partial charge >= 0.3 is 0 Å². The molecular weight excluding hydrogens is 364 g/mol. The van der Waals surface area contributed by atoms with Gasteiger partial charge in [0.05, 0.1) is 28.0 Å². The van der Waals surface area contributed by atoms with E-state index in [0.29, 0.717) is 28.3 Å². The van der Waals surface area contributed by atoms with Gasteiger partial charge in [-0.3, -0.25) is 14.8 Å². The van der Waals surface area contributed by atoms with E-state index in [1.54, 1.807) is 36.7 Å². The second kappa shape index (κ2) is 7.15. The first-order valence-electron chi connectivity index (χ1n) is 8.48. The van der Waals surface area contributed by atoms with Crippen LogP contribution in [0.4, 0.5) is 14.6 Å². The maximum Gasteiger partial charge on any atom is 0.265 e. The fourth-order valence-electron chi connectivity index (χ4n) is 3.00. The van der Waals surface area contributed by atoms with Gasteiger partial charge < -0.3 is 10.3 Å². The Bertz CT molecular complexity index is 1150. The summed E-state index contributed by atoms with van der Waals surface area (Å²) >= 11 is 0. The van der Waals surface area contributed by atoms with Gasteiger partial charge in [0.15, 0.2) is 0 Å². The van der Waals surface area contributed by atoms with Gasteiger partial charge in [0, 0.05) is 36.6 Å². The molecule has 4 rings (SSSR count). The standard InChI is InChI=1S/C20H15F2N5O/c1-11(28)26-16-9-12(6-8-23-16)18-17(19-15(27-18)3-2-7-24-19)14-5-4-13(10-25-14)20(21)22/h2-10,20,27H,1H3,(H,23,26,28). The number of amides is 1. The van der Waals surface area contributed by atoms with Crippen LogP contribution in [0.15, 0.2) is 55.0 Å². The minimum atomic E-state index is -2.58. The summed E-state index contributed by atoms with van der Waals surface area (Å²) in [6, 6.07) is 10.1. The number of rotatable bonds is 4. The van der Waals surface area contributed by atoms with E-state index in [0.717, 1.165) is 11.1 Å². The zero-order chi connectivity index (χ0) is 19.7. The molecule has 0 saturated heterocycles. The number of halogens is 2. The SMILES string of the molecule is CC(=O)Nc1cc(-c2[nH]c3cccnc3c2-c2ccc(C(F)F)cn2)ccn1. The Hall–Kier alpha value is -3.68. The second-order valence-electron chi connectivity index (χ2n) is 6.16. The third kappa shape index (κ3) is 3.32. The van der Waals surface area contributed by atoms with Crippen LogP contribution in [0.3, 0.4) is 0 Å². The minimum Gasteiger partial charge on any atom is -0.353 e. The number of hydrogen-bond donors (Lipinski definition) is 2. The zero-order valence-corrected chi connectivity index (χ0v) is 14.8. The molecule has 0 radical (unpaired) electrons. The number of fused-ring (bicyclic) bond motifs is 1. The summed E-state index contributed by atoms with van der Waals surface area (Å²) in [6.45, 7) is 1.40. The average Bonchev–Trinajstić information content (AvgIpc) is 3.07. The molecule has 2 N–H and O–H groups in total.